The van der Waals surface area contributed by atoms with Gasteiger partial charge in [-0.3, -0.25) is 4.79 Å². The van der Waals surface area contributed by atoms with E-state index in [0.29, 0.717) is 6.42 Å². The lowest BCUT2D eigenvalue weighted by Crippen LogP contribution is -2.31. The third-order valence-electron chi connectivity index (χ3n) is 4.62. The number of H-pyrrole nitrogens is 1. The molecule has 1 aliphatic heterocycles. The molecule has 1 aliphatic rings. The number of aromatic amines is 1. The predicted molar refractivity (Wildman–Crippen MR) is 102 cm³/mol. The van der Waals surface area contributed by atoms with E-state index in [1.165, 1.54) is 4.90 Å². The highest BCUT2D eigenvalue weighted by molar-refractivity contribution is 7.99. The van der Waals surface area contributed by atoms with Gasteiger partial charge in [-0.25, -0.2) is 4.98 Å². The van der Waals surface area contributed by atoms with Gasteiger partial charge in [0.05, 0.1) is 17.1 Å². The summed E-state index contributed by atoms with van der Waals surface area (Å²) < 4.78 is 0. The minimum Gasteiger partial charge on any atom is -0.340 e. The zero-order valence-electron chi connectivity index (χ0n) is 14.0. The van der Waals surface area contributed by atoms with Gasteiger partial charge in [0.1, 0.15) is 5.82 Å². The zero-order chi connectivity index (χ0) is 17.1. The number of imidazole rings is 1. The molecule has 25 heavy (non-hydrogen) atoms. The van der Waals surface area contributed by atoms with Gasteiger partial charge in [0.2, 0.25) is 5.91 Å². The quantitative estimate of drug-likeness (QED) is 0.693. The number of thioether (sulfide) groups is 1. The van der Waals surface area contributed by atoms with Crippen LogP contribution in [0.1, 0.15) is 31.1 Å². The first-order chi connectivity index (χ1) is 12.3. The Morgan fingerprint density at radius 2 is 1.96 bits per heavy atom. The zero-order valence-corrected chi connectivity index (χ0v) is 14.8. The summed E-state index contributed by atoms with van der Waals surface area (Å²) in [5, 5.41) is 0. The minimum atomic E-state index is 0.0848. The molecule has 1 atom stereocenters. The van der Waals surface area contributed by atoms with Gasteiger partial charge in [0.25, 0.3) is 0 Å². The summed E-state index contributed by atoms with van der Waals surface area (Å²) in [6.45, 7) is 0.830. The van der Waals surface area contributed by atoms with Crippen molar-refractivity contribution < 1.29 is 4.79 Å². The summed E-state index contributed by atoms with van der Waals surface area (Å²) in [5.41, 5.74) is 2.01. The molecule has 1 N–H and O–H groups in total. The van der Waals surface area contributed by atoms with Crippen molar-refractivity contribution >= 4 is 28.7 Å². The molecule has 0 unspecified atom stereocenters. The number of hydrogen-bond donors (Lipinski definition) is 1. The largest absolute Gasteiger partial charge is 0.340 e. The van der Waals surface area contributed by atoms with Crippen LogP contribution >= 0.6 is 11.8 Å². The highest BCUT2D eigenvalue weighted by Crippen LogP contribution is 2.32. The van der Waals surface area contributed by atoms with Gasteiger partial charge in [-0.05, 0) is 37.1 Å². The summed E-state index contributed by atoms with van der Waals surface area (Å²) >= 11 is 1.74. The van der Waals surface area contributed by atoms with Gasteiger partial charge in [-0.2, -0.15) is 0 Å². The van der Waals surface area contributed by atoms with Gasteiger partial charge in [-0.1, -0.05) is 30.3 Å². The maximum atomic E-state index is 12.7. The van der Waals surface area contributed by atoms with Crippen LogP contribution in [-0.4, -0.2) is 33.1 Å². The van der Waals surface area contributed by atoms with Crippen LogP contribution < -0.4 is 0 Å². The lowest BCUT2D eigenvalue weighted by Gasteiger charge is -2.23. The van der Waals surface area contributed by atoms with Crippen molar-refractivity contribution in [1.29, 1.82) is 0 Å². The van der Waals surface area contributed by atoms with Crippen molar-refractivity contribution in [2.45, 2.75) is 30.2 Å². The SMILES string of the molecule is O=C(CCSc1ccccc1)N1CCC[C@H]1c1nc2ccccc2[nH]1. The number of benzene rings is 2. The standard InChI is InChI=1S/C20H21N3OS/c24-19(12-14-25-15-7-2-1-3-8-15)23-13-6-11-18(23)20-21-16-9-4-5-10-17(16)22-20/h1-5,7-10,18H,6,11-14H2,(H,21,22)/t18-/m0/s1. The Morgan fingerprint density at radius 1 is 1.16 bits per heavy atom. The molecule has 2 aromatic carbocycles. The van der Waals surface area contributed by atoms with Gasteiger partial charge in [0, 0.05) is 23.6 Å². The van der Waals surface area contributed by atoms with Crippen molar-refractivity contribution in [1.82, 2.24) is 14.9 Å². The van der Waals surface area contributed by atoms with E-state index in [2.05, 4.69) is 17.1 Å². The maximum Gasteiger partial charge on any atom is 0.224 e. The maximum absolute atomic E-state index is 12.7. The Hall–Kier alpha value is -2.27. The van der Waals surface area contributed by atoms with E-state index in [1.807, 2.05) is 47.4 Å². The average Bonchev–Trinajstić information content (AvgIpc) is 3.29. The van der Waals surface area contributed by atoms with Crippen molar-refractivity contribution in [2.24, 2.45) is 0 Å². The monoisotopic (exact) mass is 351 g/mol. The van der Waals surface area contributed by atoms with Gasteiger partial charge in [0.15, 0.2) is 0 Å². The molecule has 0 spiro atoms. The topological polar surface area (TPSA) is 49.0 Å². The van der Waals surface area contributed by atoms with Crippen LogP contribution in [0.5, 0.6) is 0 Å². The van der Waals surface area contributed by atoms with E-state index in [-0.39, 0.29) is 11.9 Å². The van der Waals surface area contributed by atoms with E-state index < -0.39 is 0 Å². The van der Waals surface area contributed by atoms with Crippen molar-refractivity contribution in [3.05, 3.63) is 60.4 Å². The molecular weight excluding hydrogens is 330 g/mol. The molecule has 1 aromatic heterocycles. The summed E-state index contributed by atoms with van der Waals surface area (Å²) in [6.07, 6.45) is 2.59. The molecule has 0 aliphatic carbocycles. The Morgan fingerprint density at radius 3 is 2.80 bits per heavy atom. The molecular formula is C20H21N3OS. The third-order valence-corrected chi connectivity index (χ3v) is 5.64. The Bertz CT molecular complexity index is 829. The van der Waals surface area contributed by atoms with Crippen molar-refractivity contribution in [3.63, 3.8) is 0 Å². The number of amides is 1. The summed E-state index contributed by atoms with van der Waals surface area (Å²) in [5.74, 6) is 1.96. The van der Waals surface area contributed by atoms with Gasteiger partial charge in [-0.15, -0.1) is 11.8 Å². The Kier molecular flexibility index (Phi) is 4.74. The van der Waals surface area contributed by atoms with E-state index in [4.69, 9.17) is 4.98 Å². The summed E-state index contributed by atoms with van der Waals surface area (Å²) in [4.78, 5) is 24.0. The second kappa shape index (κ2) is 7.31. The predicted octanol–water partition coefficient (Wildman–Crippen LogP) is 4.41. The second-order valence-corrected chi connectivity index (χ2v) is 7.46. The molecule has 0 saturated carbocycles. The number of carbonyl (C=O) groups is 1. The highest BCUT2D eigenvalue weighted by Gasteiger charge is 2.31. The number of nitrogens with one attached hydrogen (secondary N) is 1. The smallest absolute Gasteiger partial charge is 0.224 e. The molecule has 4 nitrogen and oxygen atoms in total. The molecule has 0 bridgehead atoms. The fourth-order valence-electron chi connectivity index (χ4n) is 3.40. The van der Waals surface area contributed by atoms with Crippen LogP contribution in [0.3, 0.4) is 0 Å². The normalized spacial score (nSPS) is 17.3. The first-order valence-corrected chi connectivity index (χ1v) is 9.72. The van der Waals surface area contributed by atoms with E-state index in [9.17, 15) is 4.79 Å². The summed E-state index contributed by atoms with van der Waals surface area (Å²) in [6, 6.07) is 18.4. The Labute approximate surface area is 151 Å². The van der Waals surface area contributed by atoms with Crippen molar-refractivity contribution in [2.75, 3.05) is 12.3 Å². The van der Waals surface area contributed by atoms with Crippen molar-refractivity contribution in [3.8, 4) is 0 Å². The molecule has 4 rings (SSSR count). The fourth-order valence-corrected chi connectivity index (χ4v) is 4.26. The fraction of sp³-hybridized carbons (Fsp3) is 0.300. The molecule has 3 aromatic rings. The molecule has 1 amide bonds. The molecule has 128 valence electrons. The van der Waals surface area contributed by atoms with E-state index >= 15 is 0 Å². The van der Waals surface area contributed by atoms with E-state index in [1.54, 1.807) is 11.8 Å². The second-order valence-electron chi connectivity index (χ2n) is 6.30. The summed E-state index contributed by atoms with van der Waals surface area (Å²) in [7, 11) is 0. The first-order valence-electron chi connectivity index (χ1n) is 8.73. The highest BCUT2D eigenvalue weighted by atomic mass is 32.2. The van der Waals surface area contributed by atoms with E-state index in [0.717, 1.165) is 42.0 Å². The molecule has 0 radical (unpaired) electrons. The minimum absolute atomic E-state index is 0.0848. The number of aromatic nitrogens is 2. The number of hydrogen-bond acceptors (Lipinski definition) is 3. The van der Waals surface area contributed by atoms with Crippen LogP contribution in [0.2, 0.25) is 0 Å². The van der Waals surface area contributed by atoms with Crippen LogP contribution in [0, 0.1) is 0 Å². The van der Waals surface area contributed by atoms with Crippen LogP contribution in [0.4, 0.5) is 0 Å². The number of rotatable bonds is 5. The third kappa shape index (κ3) is 3.56. The number of fused-ring (bicyclic) bond motifs is 1. The number of carbonyl (C=O) groups excluding carboxylic acids is 1. The molecule has 5 heteroatoms. The number of likely N-dealkylation sites (tertiary alicyclic amines) is 1. The van der Waals surface area contributed by atoms with Gasteiger partial charge >= 0.3 is 0 Å². The van der Waals surface area contributed by atoms with Crippen LogP contribution in [-0.2, 0) is 4.79 Å². The Balaban J connectivity index is 1.41. The number of para-hydroxylation sites is 2. The molecule has 2 heterocycles. The first kappa shape index (κ1) is 16.2. The average molecular weight is 351 g/mol. The van der Waals surface area contributed by atoms with Gasteiger partial charge < -0.3 is 9.88 Å². The lowest BCUT2D eigenvalue weighted by atomic mass is 10.2. The number of nitrogens with zero attached hydrogens (tertiary/aromatic N) is 2. The molecule has 1 fully saturated rings. The van der Waals surface area contributed by atoms with Crippen LogP contribution in [0.25, 0.3) is 11.0 Å². The van der Waals surface area contributed by atoms with Crippen LogP contribution in [0.15, 0.2) is 59.5 Å². The lowest BCUT2D eigenvalue weighted by molar-refractivity contribution is -0.131. The molecule has 1 saturated heterocycles.